The fourth-order valence-corrected chi connectivity index (χ4v) is 0. The Bertz CT molecular complexity index is 20.9. The van der Waals surface area contributed by atoms with E-state index in [1.807, 2.05) is 0 Å². The van der Waals surface area contributed by atoms with Crippen LogP contribution in [0.25, 0.3) is 0 Å². The molecule has 0 aliphatic carbocycles. The van der Waals surface area contributed by atoms with Crippen LogP contribution in [-0.2, 0) is 27.7 Å². The van der Waals surface area contributed by atoms with Crippen molar-refractivity contribution in [1.82, 2.24) is 0 Å². The van der Waals surface area contributed by atoms with Crippen molar-refractivity contribution in [1.29, 1.82) is 0 Å². The molecule has 0 aromatic carbocycles. The first-order valence-corrected chi connectivity index (χ1v) is 1.62. The Morgan fingerprint density at radius 2 is 2.00 bits per heavy atom. The van der Waals surface area contributed by atoms with E-state index in [9.17, 15) is 0 Å². The monoisotopic (exact) mass is 278 g/mol. The summed E-state index contributed by atoms with van der Waals surface area (Å²) in [5.41, 5.74) is 0. The van der Waals surface area contributed by atoms with E-state index in [-0.39, 0.29) is 27.7 Å². The number of rotatable bonds is 1. The van der Waals surface area contributed by atoms with Crippen molar-refractivity contribution in [3.63, 3.8) is 0 Å². The molecule has 0 aromatic heterocycles. The third-order valence-electron chi connectivity index (χ3n) is 0.109. The van der Waals surface area contributed by atoms with E-state index in [4.69, 9.17) is 11.6 Å². The van der Waals surface area contributed by atoms with Crippen molar-refractivity contribution in [2.75, 3.05) is 5.88 Å². The van der Waals surface area contributed by atoms with E-state index in [1.165, 1.54) is 0 Å². The maximum Gasteiger partial charge on any atom is 0.0401 e. The van der Waals surface area contributed by atoms with Gasteiger partial charge in [-0.3, -0.25) is 0 Å². The number of hydrogen-bond donors (Lipinski definition) is 0. The molecule has 0 saturated carbocycles. The first-order chi connectivity index (χ1) is 1.91. The van der Waals surface area contributed by atoms with Crippen molar-refractivity contribution < 1.29 is 27.7 Å². The van der Waals surface area contributed by atoms with E-state index in [0.29, 0.717) is 5.88 Å². The van der Waals surface area contributed by atoms with E-state index in [0.717, 1.165) is 0 Å². The smallest absolute Gasteiger partial charge is 0.0401 e. The minimum Gasteiger partial charge on any atom is -0.122 e. The SMILES string of the molecule is C=CCCl.[Hg]. The van der Waals surface area contributed by atoms with Gasteiger partial charge in [0.2, 0.25) is 0 Å². The van der Waals surface area contributed by atoms with Crippen molar-refractivity contribution in [2.24, 2.45) is 0 Å². The van der Waals surface area contributed by atoms with Crippen molar-refractivity contribution in [3.05, 3.63) is 12.7 Å². The predicted octanol–water partition coefficient (Wildman–Crippen LogP) is 1.41. The van der Waals surface area contributed by atoms with E-state index in [1.54, 1.807) is 6.08 Å². The van der Waals surface area contributed by atoms with Gasteiger partial charge in [-0.05, 0) is 0 Å². The van der Waals surface area contributed by atoms with Gasteiger partial charge in [0, 0.05) is 33.5 Å². The standard InChI is InChI=1S/C3H5Cl.Hg/c1-2-3-4;/h2H,1,3H2;. The molecule has 0 amide bonds. The van der Waals surface area contributed by atoms with Gasteiger partial charge in [0.25, 0.3) is 0 Å². The van der Waals surface area contributed by atoms with E-state index in [2.05, 4.69) is 6.58 Å². The first kappa shape index (κ1) is 9.35. The van der Waals surface area contributed by atoms with Gasteiger partial charge >= 0.3 is 0 Å². The molecule has 0 nitrogen and oxygen atoms in total. The second kappa shape index (κ2) is 8.88. The van der Waals surface area contributed by atoms with Gasteiger partial charge in [-0.15, -0.1) is 18.2 Å². The molecule has 0 N–H and O–H groups in total. The van der Waals surface area contributed by atoms with Gasteiger partial charge < -0.3 is 0 Å². The Hall–Kier alpha value is 0.965. The molecule has 2 heteroatoms. The molecule has 0 unspecified atom stereocenters. The summed E-state index contributed by atoms with van der Waals surface area (Å²) in [7, 11) is 0. The number of alkyl halides is 1. The maximum absolute atomic E-state index is 5.07. The molecule has 0 rings (SSSR count). The third-order valence-corrected chi connectivity index (χ3v) is 0.327. The van der Waals surface area contributed by atoms with Crippen LogP contribution >= 0.6 is 11.6 Å². The fraction of sp³-hybridized carbons (Fsp3) is 0.333. The molecule has 0 aliphatic rings. The molecule has 0 aromatic rings. The van der Waals surface area contributed by atoms with Gasteiger partial charge in [0.05, 0.1) is 0 Å². The van der Waals surface area contributed by atoms with Gasteiger partial charge in [0.1, 0.15) is 0 Å². The molecule has 0 atom stereocenters. The average Bonchev–Trinajstić information content (AvgIpc) is 1.37. The molecule has 5 heavy (non-hydrogen) atoms. The van der Waals surface area contributed by atoms with Gasteiger partial charge in [-0.1, -0.05) is 6.08 Å². The summed E-state index contributed by atoms with van der Waals surface area (Å²) >= 11 is 5.07. The summed E-state index contributed by atoms with van der Waals surface area (Å²) in [6.45, 7) is 3.35. The molecule has 0 saturated heterocycles. The molecule has 0 aliphatic heterocycles. The minimum atomic E-state index is 0. The van der Waals surface area contributed by atoms with Crippen LogP contribution in [0.5, 0.6) is 0 Å². The second-order valence-corrected chi connectivity index (χ2v) is 0.752. The molecular weight excluding hydrogens is 272 g/mol. The summed E-state index contributed by atoms with van der Waals surface area (Å²) < 4.78 is 0. The molecule has 26 valence electrons. The Balaban J connectivity index is 0. The van der Waals surface area contributed by atoms with Crippen LogP contribution in [0.2, 0.25) is 0 Å². The fourth-order valence-electron chi connectivity index (χ4n) is 0. The molecular formula is C3H5ClHg. The first-order valence-electron chi connectivity index (χ1n) is 1.08. The Labute approximate surface area is 57.7 Å². The van der Waals surface area contributed by atoms with E-state index >= 15 is 0 Å². The molecule has 0 bridgehead atoms. The summed E-state index contributed by atoms with van der Waals surface area (Å²) in [5, 5.41) is 0. The average molecular weight is 277 g/mol. The summed E-state index contributed by atoms with van der Waals surface area (Å²) in [6.07, 6.45) is 1.64. The zero-order valence-corrected chi connectivity index (χ0v) is 9.33. The van der Waals surface area contributed by atoms with E-state index < -0.39 is 0 Å². The Morgan fingerprint density at radius 3 is 2.00 bits per heavy atom. The molecule has 0 spiro atoms. The van der Waals surface area contributed by atoms with Crippen LogP contribution in [0.3, 0.4) is 0 Å². The van der Waals surface area contributed by atoms with Crippen molar-refractivity contribution >= 4 is 11.6 Å². The van der Waals surface area contributed by atoms with Crippen LogP contribution in [0.4, 0.5) is 0 Å². The maximum atomic E-state index is 5.07. The third kappa shape index (κ3) is 11.3. The largest absolute Gasteiger partial charge is 0.122 e. The van der Waals surface area contributed by atoms with Crippen LogP contribution in [0, 0.1) is 0 Å². The molecule has 0 radical (unpaired) electrons. The van der Waals surface area contributed by atoms with Crippen molar-refractivity contribution in [2.45, 2.75) is 0 Å². The molecule has 0 fully saturated rings. The quantitative estimate of drug-likeness (QED) is 0.386. The summed E-state index contributed by atoms with van der Waals surface area (Å²) in [4.78, 5) is 0. The van der Waals surface area contributed by atoms with Crippen LogP contribution < -0.4 is 0 Å². The van der Waals surface area contributed by atoms with Crippen molar-refractivity contribution in [3.8, 4) is 0 Å². The normalized spacial score (nSPS) is 5.00. The second-order valence-electron chi connectivity index (χ2n) is 0.443. The topological polar surface area (TPSA) is 0 Å². The van der Waals surface area contributed by atoms with Crippen LogP contribution in [0.1, 0.15) is 0 Å². The Kier molecular flexibility index (Phi) is 16.6. The number of allylic oxidation sites excluding steroid dienone is 1. The van der Waals surface area contributed by atoms with Gasteiger partial charge in [-0.25, -0.2) is 0 Å². The Morgan fingerprint density at radius 1 is 1.80 bits per heavy atom. The summed E-state index contributed by atoms with van der Waals surface area (Å²) in [6, 6.07) is 0. The minimum absolute atomic E-state index is 0. The predicted molar refractivity (Wildman–Crippen MR) is 20.9 cm³/mol. The van der Waals surface area contributed by atoms with Crippen LogP contribution in [0.15, 0.2) is 12.7 Å². The van der Waals surface area contributed by atoms with Crippen LogP contribution in [-0.4, -0.2) is 5.88 Å². The zero-order valence-electron chi connectivity index (χ0n) is 3.08. The number of hydrogen-bond acceptors (Lipinski definition) is 0. The van der Waals surface area contributed by atoms with Gasteiger partial charge in [-0.2, -0.15) is 0 Å². The summed E-state index contributed by atoms with van der Waals surface area (Å²) in [5.74, 6) is 0.556. The zero-order chi connectivity index (χ0) is 3.41. The molecule has 0 heterocycles. The number of halogens is 1. The van der Waals surface area contributed by atoms with Gasteiger partial charge in [0.15, 0.2) is 0 Å².